The maximum atomic E-state index is 13.7. The molecule has 0 aliphatic heterocycles. The molecule has 1 N–H and O–H groups in total. The van der Waals surface area contributed by atoms with Gasteiger partial charge in [0.05, 0.1) is 22.8 Å². The van der Waals surface area contributed by atoms with Crippen LogP contribution in [0.4, 0.5) is 4.39 Å². The van der Waals surface area contributed by atoms with Crippen LogP contribution in [0, 0.1) is 28.5 Å². The topological polar surface area (TPSA) is 94.1 Å². The van der Waals surface area contributed by atoms with Crippen LogP contribution in [-0.4, -0.2) is 11.1 Å². The van der Waals surface area contributed by atoms with E-state index in [1.54, 1.807) is 12.1 Å². The summed E-state index contributed by atoms with van der Waals surface area (Å²) >= 11 is 0. The van der Waals surface area contributed by atoms with Crippen molar-refractivity contribution in [1.82, 2.24) is 0 Å². The molecule has 2 aromatic rings. The summed E-state index contributed by atoms with van der Waals surface area (Å²) in [7, 11) is 0. The van der Waals surface area contributed by atoms with E-state index in [1.807, 2.05) is 0 Å². The lowest BCUT2D eigenvalue weighted by Gasteiger charge is -2.09. The number of carboxylic acids is 1. The van der Waals surface area contributed by atoms with Crippen LogP contribution in [0.5, 0.6) is 11.5 Å². The molecule has 0 spiro atoms. The molecule has 21 heavy (non-hydrogen) atoms. The molecule has 0 saturated heterocycles. The van der Waals surface area contributed by atoms with Gasteiger partial charge in [-0.05, 0) is 36.4 Å². The van der Waals surface area contributed by atoms with E-state index >= 15 is 0 Å². The zero-order valence-corrected chi connectivity index (χ0v) is 10.5. The van der Waals surface area contributed by atoms with Crippen molar-refractivity contribution in [1.29, 1.82) is 10.5 Å². The Morgan fingerprint density at radius 1 is 1.10 bits per heavy atom. The molecule has 2 aromatic carbocycles. The van der Waals surface area contributed by atoms with Crippen LogP contribution < -0.4 is 4.74 Å². The third-order valence-electron chi connectivity index (χ3n) is 2.63. The number of rotatable bonds is 3. The summed E-state index contributed by atoms with van der Waals surface area (Å²) in [5, 5.41) is 26.5. The van der Waals surface area contributed by atoms with Gasteiger partial charge in [0.1, 0.15) is 11.8 Å². The lowest BCUT2D eigenvalue weighted by atomic mass is 10.1. The Morgan fingerprint density at radius 2 is 1.81 bits per heavy atom. The molecule has 0 bridgehead atoms. The van der Waals surface area contributed by atoms with Gasteiger partial charge >= 0.3 is 5.97 Å². The molecule has 5 nitrogen and oxygen atoms in total. The summed E-state index contributed by atoms with van der Waals surface area (Å²) < 4.78 is 19.0. The maximum absolute atomic E-state index is 13.7. The van der Waals surface area contributed by atoms with Crippen LogP contribution in [0.1, 0.15) is 21.5 Å². The van der Waals surface area contributed by atoms with Crippen molar-refractivity contribution in [3.05, 3.63) is 58.9 Å². The van der Waals surface area contributed by atoms with E-state index in [9.17, 15) is 9.18 Å². The molecular weight excluding hydrogens is 275 g/mol. The van der Waals surface area contributed by atoms with E-state index < -0.39 is 11.8 Å². The van der Waals surface area contributed by atoms with Crippen molar-refractivity contribution in [2.75, 3.05) is 0 Å². The molecular formula is C15H7FN2O3. The first-order valence-electron chi connectivity index (χ1n) is 5.70. The summed E-state index contributed by atoms with van der Waals surface area (Å²) in [6.45, 7) is 0. The predicted octanol–water partition coefficient (Wildman–Crippen LogP) is 3.06. The maximum Gasteiger partial charge on any atom is 0.335 e. The van der Waals surface area contributed by atoms with Gasteiger partial charge in [0, 0.05) is 0 Å². The van der Waals surface area contributed by atoms with Gasteiger partial charge in [0.15, 0.2) is 11.6 Å². The molecule has 0 aromatic heterocycles. The highest BCUT2D eigenvalue weighted by molar-refractivity contribution is 5.88. The van der Waals surface area contributed by atoms with E-state index in [0.29, 0.717) is 0 Å². The number of carboxylic acid groups (broad SMARTS) is 1. The van der Waals surface area contributed by atoms with Crippen molar-refractivity contribution >= 4 is 5.97 Å². The summed E-state index contributed by atoms with van der Waals surface area (Å²) in [5.41, 5.74) is 0.0411. The standard InChI is InChI=1S/C15H7FN2O3/c16-12-5-9(7-17)1-3-14(12)21-13-4-2-10(15(19)20)6-11(13)8-18/h1-6H,(H,19,20). The van der Waals surface area contributed by atoms with Crippen molar-refractivity contribution < 1.29 is 19.0 Å². The fraction of sp³-hybridized carbons (Fsp3) is 0. The SMILES string of the molecule is N#Cc1ccc(Oc2ccc(C(=O)O)cc2C#N)c(F)c1. The fourth-order valence-electron chi connectivity index (χ4n) is 1.61. The Bertz CT molecular complexity index is 804. The van der Waals surface area contributed by atoms with Crippen LogP contribution in [0.2, 0.25) is 0 Å². The average molecular weight is 282 g/mol. The number of hydrogen-bond donors (Lipinski definition) is 1. The summed E-state index contributed by atoms with van der Waals surface area (Å²) in [4.78, 5) is 10.8. The monoisotopic (exact) mass is 282 g/mol. The Kier molecular flexibility index (Phi) is 3.83. The number of carbonyl (C=O) groups is 1. The van der Waals surface area contributed by atoms with Crippen LogP contribution in [0.25, 0.3) is 0 Å². The number of ether oxygens (including phenoxy) is 1. The summed E-state index contributed by atoms with van der Waals surface area (Å²) in [6.07, 6.45) is 0. The van der Waals surface area contributed by atoms with Gasteiger partial charge in [-0.3, -0.25) is 0 Å². The molecule has 0 atom stereocenters. The highest BCUT2D eigenvalue weighted by Gasteiger charge is 2.12. The molecule has 0 amide bonds. The Hall–Kier alpha value is -3.38. The first kappa shape index (κ1) is 14.0. The van der Waals surface area contributed by atoms with Crippen LogP contribution in [-0.2, 0) is 0 Å². The number of halogens is 1. The first-order valence-corrected chi connectivity index (χ1v) is 5.70. The summed E-state index contributed by atoms with van der Waals surface area (Å²) in [6, 6.07) is 10.9. The Morgan fingerprint density at radius 3 is 2.38 bits per heavy atom. The second-order valence-electron chi connectivity index (χ2n) is 3.99. The molecule has 0 aliphatic rings. The van der Waals surface area contributed by atoms with Crippen molar-refractivity contribution in [2.45, 2.75) is 0 Å². The van der Waals surface area contributed by atoms with Gasteiger partial charge in [-0.1, -0.05) is 0 Å². The lowest BCUT2D eigenvalue weighted by Crippen LogP contribution is -1.98. The van der Waals surface area contributed by atoms with Gasteiger partial charge in [0.2, 0.25) is 0 Å². The number of hydrogen-bond acceptors (Lipinski definition) is 4. The minimum atomic E-state index is -1.18. The second-order valence-corrected chi connectivity index (χ2v) is 3.99. The molecule has 6 heteroatoms. The molecule has 0 heterocycles. The van der Waals surface area contributed by atoms with E-state index in [2.05, 4.69) is 0 Å². The smallest absolute Gasteiger partial charge is 0.335 e. The highest BCUT2D eigenvalue weighted by Crippen LogP contribution is 2.28. The van der Waals surface area contributed by atoms with Crippen molar-refractivity contribution in [2.24, 2.45) is 0 Å². The van der Waals surface area contributed by atoms with E-state index in [1.165, 1.54) is 24.3 Å². The van der Waals surface area contributed by atoms with E-state index in [-0.39, 0.29) is 28.2 Å². The third-order valence-corrected chi connectivity index (χ3v) is 2.63. The van der Waals surface area contributed by atoms with Gasteiger partial charge < -0.3 is 9.84 Å². The van der Waals surface area contributed by atoms with E-state index in [0.717, 1.165) is 12.1 Å². The fourth-order valence-corrected chi connectivity index (χ4v) is 1.61. The average Bonchev–Trinajstić information content (AvgIpc) is 2.49. The van der Waals surface area contributed by atoms with Crippen LogP contribution >= 0.6 is 0 Å². The number of nitriles is 2. The van der Waals surface area contributed by atoms with Crippen LogP contribution in [0.15, 0.2) is 36.4 Å². The van der Waals surface area contributed by atoms with Gasteiger partial charge in [-0.25, -0.2) is 9.18 Å². The Labute approximate surface area is 119 Å². The normalized spacial score (nSPS) is 9.48. The molecule has 0 aliphatic carbocycles. The minimum Gasteiger partial charge on any atom is -0.478 e. The third kappa shape index (κ3) is 2.96. The molecule has 0 fully saturated rings. The molecule has 2 rings (SSSR count). The minimum absolute atomic E-state index is 0.0290. The molecule has 0 radical (unpaired) electrons. The largest absolute Gasteiger partial charge is 0.478 e. The highest BCUT2D eigenvalue weighted by atomic mass is 19.1. The molecule has 0 saturated carbocycles. The van der Waals surface area contributed by atoms with E-state index in [4.69, 9.17) is 20.4 Å². The number of benzene rings is 2. The van der Waals surface area contributed by atoms with Crippen molar-refractivity contribution in [3.8, 4) is 23.6 Å². The van der Waals surface area contributed by atoms with Crippen LogP contribution in [0.3, 0.4) is 0 Å². The van der Waals surface area contributed by atoms with Gasteiger partial charge in [-0.2, -0.15) is 10.5 Å². The quantitative estimate of drug-likeness (QED) is 0.933. The predicted molar refractivity (Wildman–Crippen MR) is 69.3 cm³/mol. The first-order chi connectivity index (χ1) is 10.0. The zero-order chi connectivity index (χ0) is 15.4. The summed E-state index contributed by atoms with van der Waals surface area (Å²) in [5.74, 6) is -2.05. The molecule has 0 unspecified atom stereocenters. The zero-order valence-electron chi connectivity index (χ0n) is 10.5. The van der Waals surface area contributed by atoms with Crippen molar-refractivity contribution in [3.63, 3.8) is 0 Å². The Balaban J connectivity index is 2.38. The molecule has 102 valence electrons. The van der Waals surface area contributed by atoms with Gasteiger partial charge in [-0.15, -0.1) is 0 Å². The van der Waals surface area contributed by atoms with Gasteiger partial charge in [0.25, 0.3) is 0 Å². The second kappa shape index (κ2) is 5.72. The number of aromatic carboxylic acids is 1. The lowest BCUT2D eigenvalue weighted by molar-refractivity contribution is 0.0697. The number of nitrogens with zero attached hydrogens (tertiary/aromatic N) is 2.